The second kappa shape index (κ2) is 10.4. The van der Waals surface area contributed by atoms with E-state index >= 15 is 0 Å². The van der Waals surface area contributed by atoms with E-state index in [0.29, 0.717) is 12.1 Å². The van der Waals surface area contributed by atoms with Crippen LogP contribution in [0.5, 0.6) is 0 Å². The maximum absolute atomic E-state index is 12.6. The molecule has 5 nitrogen and oxygen atoms in total. The molecule has 1 aliphatic heterocycles. The van der Waals surface area contributed by atoms with E-state index in [-0.39, 0.29) is 11.9 Å². The third kappa shape index (κ3) is 5.44. The number of nitrogens with zero attached hydrogens (tertiary/aromatic N) is 2. The van der Waals surface area contributed by atoms with Crippen LogP contribution >= 0.6 is 0 Å². The van der Waals surface area contributed by atoms with Crippen molar-refractivity contribution in [2.75, 3.05) is 4.90 Å². The Morgan fingerprint density at radius 1 is 1.29 bits per heavy atom. The van der Waals surface area contributed by atoms with Gasteiger partial charge in [0.25, 0.3) is 0 Å². The molecule has 0 bridgehead atoms. The molecular formula is C23H32N2O3. The number of pyridine rings is 1. The fourth-order valence-corrected chi connectivity index (χ4v) is 4.01. The first-order chi connectivity index (χ1) is 13.7. The number of furan rings is 1. The van der Waals surface area contributed by atoms with Gasteiger partial charge >= 0.3 is 0 Å². The summed E-state index contributed by atoms with van der Waals surface area (Å²) in [6.45, 7) is 2.15. The van der Waals surface area contributed by atoms with Crippen LogP contribution in [0.1, 0.15) is 82.3 Å². The molecule has 152 valence electrons. The average Bonchev–Trinajstić information content (AvgIpc) is 3.22. The molecule has 0 radical (unpaired) electrons. The van der Waals surface area contributed by atoms with E-state index in [4.69, 9.17) is 4.42 Å². The molecule has 2 unspecified atom stereocenters. The molecule has 0 saturated carbocycles. The summed E-state index contributed by atoms with van der Waals surface area (Å²) in [6, 6.07) is 7.92. The minimum Gasteiger partial charge on any atom is -0.469 e. The van der Waals surface area contributed by atoms with Crippen molar-refractivity contribution < 1.29 is 14.3 Å². The maximum atomic E-state index is 12.6. The van der Waals surface area contributed by atoms with Gasteiger partial charge in [0.15, 0.2) is 0 Å². The Labute approximate surface area is 167 Å². The van der Waals surface area contributed by atoms with Gasteiger partial charge in [-0.2, -0.15) is 0 Å². The second-order valence-electron chi connectivity index (χ2n) is 7.73. The number of hydrogen-bond donors (Lipinski definition) is 1. The summed E-state index contributed by atoms with van der Waals surface area (Å²) in [5.41, 5.74) is 1.54. The Morgan fingerprint density at radius 2 is 2.18 bits per heavy atom. The van der Waals surface area contributed by atoms with E-state index in [9.17, 15) is 9.90 Å². The summed E-state index contributed by atoms with van der Waals surface area (Å²) < 4.78 is 5.41. The highest BCUT2D eigenvalue weighted by Gasteiger charge is 2.29. The van der Waals surface area contributed by atoms with Crippen molar-refractivity contribution in [3.63, 3.8) is 0 Å². The van der Waals surface area contributed by atoms with Crippen molar-refractivity contribution in [2.45, 2.75) is 83.3 Å². The SMILES string of the molecule is CCCCCC(O)c1ccc(N2C(=O)CCCC2CCCc2ccco2)cn1. The number of aryl methyl sites for hydroxylation is 1. The lowest BCUT2D eigenvalue weighted by Gasteiger charge is -2.35. The number of anilines is 1. The lowest BCUT2D eigenvalue weighted by Crippen LogP contribution is -2.44. The van der Waals surface area contributed by atoms with Gasteiger partial charge in [-0.05, 0) is 56.4 Å². The molecule has 28 heavy (non-hydrogen) atoms. The molecule has 3 heterocycles. The second-order valence-corrected chi connectivity index (χ2v) is 7.73. The summed E-state index contributed by atoms with van der Waals surface area (Å²) >= 11 is 0. The molecule has 1 saturated heterocycles. The Balaban J connectivity index is 1.61. The highest BCUT2D eigenvalue weighted by atomic mass is 16.3. The Morgan fingerprint density at radius 3 is 2.89 bits per heavy atom. The van der Waals surface area contributed by atoms with Crippen LogP contribution in [-0.4, -0.2) is 22.0 Å². The number of amides is 1. The van der Waals surface area contributed by atoms with Gasteiger partial charge in [0.1, 0.15) is 5.76 Å². The monoisotopic (exact) mass is 384 g/mol. The fourth-order valence-electron chi connectivity index (χ4n) is 4.01. The van der Waals surface area contributed by atoms with Crippen LogP contribution in [0, 0.1) is 0 Å². The predicted molar refractivity (Wildman–Crippen MR) is 110 cm³/mol. The quantitative estimate of drug-likeness (QED) is 0.572. The van der Waals surface area contributed by atoms with Crippen molar-refractivity contribution in [3.05, 3.63) is 48.2 Å². The topological polar surface area (TPSA) is 66.6 Å². The maximum Gasteiger partial charge on any atom is 0.227 e. The van der Waals surface area contributed by atoms with Gasteiger partial charge in [-0.15, -0.1) is 0 Å². The molecule has 5 heteroatoms. The lowest BCUT2D eigenvalue weighted by atomic mass is 9.95. The zero-order valence-electron chi connectivity index (χ0n) is 16.8. The standard InChI is InChI=1S/C23H32N2O3/c1-2-3-4-12-22(26)21-15-14-19(17-24-21)25-18(9-6-13-23(25)27)8-5-10-20-11-7-16-28-20/h7,11,14-18,22,26H,2-6,8-10,12-13H2,1H3. The fraction of sp³-hybridized carbons (Fsp3) is 0.565. The Bertz CT molecular complexity index is 712. The van der Waals surface area contributed by atoms with Crippen molar-refractivity contribution >= 4 is 11.6 Å². The number of aliphatic hydroxyl groups is 1. The van der Waals surface area contributed by atoms with Crippen molar-refractivity contribution in [2.24, 2.45) is 0 Å². The number of hydrogen-bond acceptors (Lipinski definition) is 4. The summed E-state index contributed by atoms with van der Waals surface area (Å²) in [4.78, 5) is 19.0. The van der Waals surface area contributed by atoms with E-state index < -0.39 is 6.10 Å². The van der Waals surface area contributed by atoms with Gasteiger partial charge in [-0.3, -0.25) is 9.78 Å². The zero-order valence-corrected chi connectivity index (χ0v) is 16.8. The van der Waals surface area contributed by atoms with E-state index in [0.717, 1.165) is 69.2 Å². The number of carbonyl (C=O) groups excluding carboxylic acids is 1. The first-order valence-corrected chi connectivity index (χ1v) is 10.7. The predicted octanol–water partition coefficient (Wildman–Crippen LogP) is 5.20. The van der Waals surface area contributed by atoms with Crippen LogP contribution in [0.25, 0.3) is 0 Å². The Kier molecular flexibility index (Phi) is 7.66. The average molecular weight is 385 g/mol. The molecule has 1 amide bonds. The van der Waals surface area contributed by atoms with Gasteiger partial charge in [-0.25, -0.2) is 0 Å². The highest BCUT2D eigenvalue weighted by Crippen LogP contribution is 2.29. The third-order valence-corrected chi connectivity index (χ3v) is 5.57. The first kappa shape index (κ1) is 20.6. The first-order valence-electron chi connectivity index (χ1n) is 10.7. The van der Waals surface area contributed by atoms with Crippen LogP contribution in [0.2, 0.25) is 0 Å². The van der Waals surface area contributed by atoms with Gasteiger partial charge in [0, 0.05) is 18.9 Å². The summed E-state index contributed by atoms with van der Waals surface area (Å²) in [7, 11) is 0. The molecule has 0 aromatic carbocycles. The molecule has 1 aliphatic rings. The van der Waals surface area contributed by atoms with E-state index in [1.54, 1.807) is 12.5 Å². The van der Waals surface area contributed by atoms with Gasteiger partial charge < -0.3 is 14.4 Å². The molecular weight excluding hydrogens is 352 g/mol. The summed E-state index contributed by atoms with van der Waals surface area (Å²) in [5.74, 6) is 1.17. The van der Waals surface area contributed by atoms with Crippen LogP contribution in [-0.2, 0) is 11.2 Å². The van der Waals surface area contributed by atoms with Crippen LogP contribution < -0.4 is 4.90 Å². The van der Waals surface area contributed by atoms with Crippen molar-refractivity contribution in [3.8, 4) is 0 Å². The number of aromatic nitrogens is 1. The minimum atomic E-state index is -0.526. The van der Waals surface area contributed by atoms with Gasteiger partial charge in [-0.1, -0.05) is 26.2 Å². The number of unbranched alkanes of at least 4 members (excludes halogenated alkanes) is 2. The normalized spacial score (nSPS) is 18.4. The largest absolute Gasteiger partial charge is 0.469 e. The van der Waals surface area contributed by atoms with Gasteiger partial charge in [0.2, 0.25) is 5.91 Å². The van der Waals surface area contributed by atoms with Gasteiger partial charge in [0.05, 0.1) is 29.9 Å². The lowest BCUT2D eigenvalue weighted by molar-refractivity contribution is -0.120. The minimum absolute atomic E-state index is 0.173. The highest BCUT2D eigenvalue weighted by molar-refractivity contribution is 5.94. The number of carbonyl (C=O) groups is 1. The van der Waals surface area contributed by atoms with Crippen molar-refractivity contribution in [1.29, 1.82) is 0 Å². The number of piperidine rings is 1. The smallest absolute Gasteiger partial charge is 0.227 e. The molecule has 2 aromatic heterocycles. The number of rotatable bonds is 10. The zero-order chi connectivity index (χ0) is 19.8. The molecule has 2 atom stereocenters. The molecule has 0 aliphatic carbocycles. The molecule has 1 fully saturated rings. The van der Waals surface area contributed by atoms with Crippen LogP contribution in [0.15, 0.2) is 41.1 Å². The molecule has 1 N–H and O–H groups in total. The Hall–Kier alpha value is -2.14. The number of aliphatic hydroxyl groups excluding tert-OH is 1. The van der Waals surface area contributed by atoms with Crippen LogP contribution in [0.4, 0.5) is 5.69 Å². The van der Waals surface area contributed by atoms with Crippen molar-refractivity contribution in [1.82, 2.24) is 4.98 Å². The molecule has 2 aromatic rings. The summed E-state index contributed by atoms with van der Waals surface area (Å²) in [6.07, 6.45) is 12.3. The molecule has 0 spiro atoms. The van der Waals surface area contributed by atoms with E-state index in [2.05, 4.69) is 11.9 Å². The molecule has 3 rings (SSSR count). The summed E-state index contributed by atoms with van der Waals surface area (Å²) in [5, 5.41) is 10.3. The van der Waals surface area contributed by atoms with Crippen LogP contribution in [0.3, 0.4) is 0 Å². The van der Waals surface area contributed by atoms with E-state index in [1.165, 1.54) is 0 Å². The van der Waals surface area contributed by atoms with E-state index in [1.807, 2.05) is 29.2 Å². The third-order valence-electron chi connectivity index (χ3n) is 5.57.